The molecule has 5 heteroatoms. The summed E-state index contributed by atoms with van der Waals surface area (Å²) in [5, 5.41) is 2.72. The molecular formula is C16H16N2O2S. The van der Waals surface area contributed by atoms with Crippen LogP contribution in [0.2, 0.25) is 0 Å². The number of hydrogen-bond donors (Lipinski definition) is 2. The SMILES string of the molecule is Cc1ccccc1SCC(=O)Nc1ccccc1C(N)=O. The maximum Gasteiger partial charge on any atom is 0.250 e. The van der Waals surface area contributed by atoms with E-state index >= 15 is 0 Å². The minimum atomic E-state index is -0.558. The van der Waals surface area contributed by atoms with E-state index in [0.29, 0.717) is 11.3 Å². The van der Waals surface area contributed by atoms with Gasteiger partial charge in [-0.3, -0.25) is 9.59 Å². The first-order chi connectivity index (χ1) is 10.1. The van der Waals surface area contributed by atoms with Crippen LogP contribution in [0.15, 0.2) is 53.4 Å². The molecule has 0 spiro atoms. The smallest absolute Gasteiger partial charge is 0.250 e. The fourth-order valence-corrected chi connectivity index (χ4v) is 2.68. The molecule has 0 atom stereocenters. The van der Waals surface area contributed by atoms with Gasteiger partial charge in [-0.1, -0.05) is 30.3 Å². The second-order valence-electron chi connectivity index (χ2n) is 4.51. The van der Waals surface area contributed by atoms with Crippen molar-refractivity contribution in [3.8, 4) is 0 Å². The first-order valence-corrected chi connectivity index (χ1v) is 7.43. The van der Waals surface area contributed by atoms with E-state index in [9.17, 15) is 9.59 Å². The topological polar surface area (TPSA) is 72.2 Å². The normalized spacial score (nSPS) is 10.1. The zero-order chi connectivity index (χ0) is 15.2. The highest BCUT2D eigenvalue weighted by Crippen LogP contribution is 2.22. The number of carbonyl (C=O) groups excluding carboxylic acids is 2. The maximum atomic E-state index is 12.0. The molecule has 2 aromatic carbocycles. The molecule has 0 aliphatic heterocycles. The number of nitrogens with one attached hydrogen (secondary N) is 1. The molecule has 2 amide bonds. The minimum Gasteiger partial charge on any atom is -0.366 e. The molecule has 0 radical (unpaired) electrons. The molecule has 0 fully saturated rings. The highest BCUT2D eigenvalue weighted by atomic mass is 32.2. The lowest BCUT2D eigenvalue weighted by Crippen LogP contribution is -2.19. The molecule has 0 aliphatic rings. The maximum absolute atomic E-state index is 12.0. The van der Waals surface area contributed by atoms with Crippen molar-refractivity contribution in [2.75, 3.05) is 11.1 Å². The Morgan fingerprint density at radius 2 is 1.76 bits per heavy atom. The van der Waals surface area contributed by atoms with Crippen LogP contribution in [0.5, 0.6) is 0 Å². The van der Waals surface area contributed by atoms with E-state index in [1.54, 1.807) is 24.3 Å². The lowest BCUT2D eigenvalue weighted by molar-refractivity contribution is -0.113. The highest BCUT2D eigenvalue weighted by molar-refractivity contribution is 8.00. The molecule has 0 bridgehead atoms. The molecule has 0 saturated carbocycles. The lowest BCUT2D eigenvalue weighted by Gasteiger charge is -2.09. The van der Waals surface area contributed by atoms with E-state index in [1.807, 2.05) is 31.2 Å². The van der Waals surface area contributed by atoms with E-state index < -0.39 is 5.91 Å². The van der Waals surface area contributed by atoms with Gasteiger partial charge < -0.3 is 11.1 Å². The number of amides is 2. The second-order valence-corrected chi connectivity index (χ2v) is 5.53. The third kappa shape index (κ3) is 4.10. The Labute approximate surface area is 127 Å². The number of nitrogens with two attached hydrogens (primary N) is 1. The van der Waals surface area contributed by atoms with Gasteiger partial charge in [0.15, 0.2) is 0 Å². The summed E-state index contributed by atoms with van der Waals surface area (Å²) < 4.78 is 0. The molecule has 0 heterocycles. The number of aryl methyl sites for hydroxylation is 1. The summed E-state index contributed by atoms with van der Waals surface area (Å²) >= 11 is 1.46. The van der Waals surface area contributed by atoms with Crippen molar-refractivity contribution in [2.24, 2.45) is 5.73 Å². The van der Waals surface area contributed by atoms with Crippen molar-refractivity contribution in [1.29, 1.82) is 0 Å². The van der Waals surface area contributed by atoms with E-state index in [-0.39, 0.29) is 11.7 Å². The van der Waals surface area contributed by atoms with Crippen LogP contribution in [0.25, 0.3) is 0 Å². The fourth-order valence-electron chi connectivity index (χ4n) is 1.85. The standard InChI is InChI=1S/C16H16N2O2S/c1-11-6-2-5-9-14(11)21-10-15(19)18-13-8-4-3-7-12(13)16(17)20/h2-9H,10H2,1H3,(H2,17,20)(H,18,19). The number of primary amides is 1. The van der Waals surface area contributed by atoms with Crippen molar-refractivity contribution in [3.05, 3.63) is 59.7 Å². The summed E-state index contributed by atoms with van der Waals surface area (Å²) in [6.07, 6.45) is 0. The number of thioether (sulfide) groups is 1. The Morgan fingerprint density at radius 3 is 2.48 bits per heavy atom. The predicted molar refractivity (Wildman–Crippen MR) is 85.5 cm³/mol. The summed E-state index contributed by atoms with van der Waals surface area (Å²) in [4.78, 5) is 24.3. The summed E-state index contributed by atoms with van der Waals surface area (Å²) in [5.74, 6) is -0.452. The van der Waals surface area contributed by atoms with Crippen LogP contribution in [0.4, 0.5) is 5.69 Å². The van der Waals surface area contributed by atoms with Gasteiger partial charge in [-0.2, -0.15) is 0 Å². The van der Waals surface area contributed by atoms with Gasteiger partial charge in [-0.15, -0.1) is 11.8 Å². The fraction of sp³-hybridized carbons (Fsp3) is 0.125. The Balaban J connectivity index is 2.00. The van der Waals surface area contributed by atoms with Gasteiger partial charge in [0.2, 0.25) is 5.91 Å². The van der Waals surface area contributed by atoms with Gasteiger partial charge in [-0.25, -0.2) is 0 Å². The zero-order valence-corrected chi connectivity index (χ0v) is 12.4. The van der Waals surface area contributed by atoms with Gasteiger partial charge in [-0.05, 0) is 30.7 Å². The third-order valence-corrected chi connectivity index (χ3v) is 4.09. The molecule has 0 unspecified atom stereocenters. The van der Waals surface area contributed by atoms with Crippen LogP contribution in [0, 0.1) is 6.92 Å². The minimum absolute atomic E-state index is 0.169. The van der Waals surface area contributed by atoms with E-state index in [1.165, 1.54) is 11.8 Å². The molecule has 4 nitrogen and oxygen atoms in total. The molecule has 0 aromatic heterocycles. The van der Waals surface area contributed by atoms with Gasteiger partial charge in [0.1, 0.15) is 0 Å². The predicted octanol–water partition coefficient (Wildman–Crippen LogP) is 2.82. The number of carbonyl (C=O) groups is 2. The molecule has 2 aromatic rings. The Kier molecular flexibility index (Phi) is 5.00. The molecule has 0 aliphatic carbocycles. The Morgan fingerprint density at radius 1 is 1.10 bits per heavy atom. The van der Waals surface area contributed by atoms with Gasteiger partial charge in [0, 0.05) is 4.90 Å². The first kappa shape index (κ1) is 15.1. The number of rotatable bonds is 5. The molecule has 3 N–H and O–H groups in total. The van der Waals surface area contributed by atoms with Crippen LogP contribution in [-0.2, 0) is 4.79 Å². The second kappa shape index (κ2) is 6.95. The third-order valence-electron chi connectivity index (χ3n) is 2.92. The molecular weight excluding hydrogens is 284 g/mol. The van der Waals surface area contributed by atoms with Crippen molar-refractivity contribution in [1.82, 2.24) is 0 Å². The number of benzene rings is 2. The monoisotopic (exact) mass is 300 g/mol. The summed E-state index contributed by atoms with van der Waals surface area (Å²) in [6, 6.07) is 14.6. The van der Waals surface area contributed by atoms with Crippen LogP contribution >= 0.6 is 11.8 Å². The van der Waals surface area contributed by atoms with Crippen molar-refractivity contribution >= 4 is 29.3 Å². The summed E-state index contributed by atoms with van der Waals surface area (Å²) in [6.45, 7) is 2.00. The Bertz CT molecular complexity index is 671. The summed E-state index contributed by atoms with van der Waals surface area (Å²) in [7, 11) is 0. The molecule has 0 saturated heterocycles. The van der Waals surface area contributed by atoms with Crippen molar-refractivity contribution in [3.63, 3.8) is 0 Å². The van der Waals surface area contributed by atoms with E-state index in [0.717, 1.165) is 10.5 Å². The quantitative estimate of drug-likeness (QED) is 0.834. The zero-order valence-electron chi connectivity index (χ0n) is 11.6. The number of para-hydroxylation sites is 1. The lowest BCUT2D eigenvalue weighted by atomic mass is 10.1. The van der Waals surface area contributed by atoms with Gasteiger partial charge >= 0.3 is 0 Å². The van der Waals surface area contributed by atoms with E-state index in [4.69, 9.17) is 5.73 Å². The van der Waals surface area contributed by atoms with Crippen LogP contribution < -0.4 is 11.1 Å². The average Bonchev–Trinajstić information content (AvgIpc) is 2.47. The molecule has 21 heavy (non-hydrogen) atoms. The van der Waals surface area contributed by atoms with Crippen molar-refractivity contribution in [2.45, 2.75) is 11.8 Å². The highest BCUT2D eigenvalue weighted by Gasteiger charge is 2.10. The largest absolute Gasteiger partial charge is 0.366 e. The first-order valence-electron chi connectivity index (χ1n) is 6.45. The molecule has 108 valence electrons. The van der Waals surface area contributed by atoms with Crippen molar-refractivity contribution < 1.29 is 9.59 Å². The Hall–Kier alpha value is -2.27. The average molecular weight is 300 g/mol. The van der Waals surface area contributed by atoms with Crippen LogP contribution in [0.1, 0.15) is 15.9 Å². The summed E-state index contributed by atoms with van der Waals surface area (Å²) in [5.41, 5.74) is 7.17. The number of anilines is 1. The number of hydrogen-bond acceptors (Lipinski definition) is 3. The van der Waals surface area contributed by atoms with Gasteiger partial charge in [0.25, 0.3) is 5.91 Å². The van der Waals surface area contributed by atoms with Gasteiger partial charge in [0.05, 0.1) is 17.0 Å². The van der Waals surface area contributed by atoms with Crippen LogP contribution in [0.3, 0.4) is 0 Å². The van der Waals surface area contributed by atoms with E-state index in [2.05, 4.69) is 5.32 Å². The van der Waals surface area contributed by atoms with Crippen LogP contribution in [-0.4, -0.2) is 17.6 Å². The molecule has 2 rings (SSSR count).